The van der Waals surface area contributed by atoms with Crippen molar-refractivity contribution in [2.24, 2.45) is 10.4 Å². The van der Waals surface area contributed by atoms with Gasteiger partial charge >= 0.3 is 0 Å². The summed E-state index contributed by atoms with van der Waals surface area (Å²) in [5, 5.41) is 17.1. The average molecular weight is 514 g/mol. The number of aromatic hydroxyl groups is 1. The maximum absolute atomic E-state index is 12.7. The molecule has 29 heavy (non-hydrogen) atoms. The van der Waals surface area contributed by atoms with E-state index in [0.717, 1.165) is 44.1 Å². The number of aryl methyl sites for hydroxylation is 1. The third-order valence-corrected chi connectivity index (χ3v) is 6.30. The van der Waals surface area contributed by atoms with E-state index in [9.17, 15) is 9.90 Å². The number of nitrogens with zero attached hydrogens (tertiary/aromatic N) is 2. The highest BCUT2D eigenvalue weighted by atomic mass is 127. The number of nitrogens with one attached hydrogen (secondary N) is 2. The topological polar surface area (TPSA) is 77.0 Å². The molecule has 0 heterocycles. The van der Waals surface area contributed by atoms with Crippen LogP contribution in [-0.4, -0.2) is 49.6 Å². The first-order valence-electron chi connectivity index (χ1n) is 10.5. The van der Waals surface area contributed by atoms with Crippen molar-refractivity contribution in [1.82, 2.24) is 15.5 Å². The van der Waals surface area contributed by atoms with Crippen LogP contribution in [0.4, 0.5) is 0 Å². The minimum Gasteiger partial charge on any atom is -0.508 e. The van der Waals surface area contributed by atoms with Gasteiger partial charge in [-0.2, -0.15) is 0 Å². The Morgan fingerprint density at radius 3 is 2.48 bits per heavy atom. The number of carbonyl (C=O) groups is 1. The highest BCUT2D eigenvalue weighted by Gasteiger charge is 2.42. The van der Waals surface area contributed by atoms with E-state index in [1.807, 2.05) is 14.1 Å². The standard InChI is InChI=1S/C22H34N4O2.HI/c1-23-21(25-15-22(12-6-7-13-22)20(28)26(2)3)24-14-18-17-9-5-4-8-16(17)10-11-19(18)27;/h10-11,27H,4-9,12-15H2,1-3H3,(H2,23,24,25);1H. The van der Waals surface area contributed by atoms with Crippen LogP contribution >= 0.6 is 24.0 Å². The lowest BCUT2D eigenvalue weighted by molar-refractivity contribution is -0.138. The fourth-order valence-electron chi connectivity index (χ4n) is 4.73. The zero-order chi connectivity index (χ0) is 20.1. The minimum atomic E-state index is -0.338. The van der Waals surface area contributed by atoms with Crippen LogP contribution in [0.3, 0.4) is 0 Å². The van der Waals surface area contributed by atoms with Gasteiger partial charge in [0.2, 0.25) is 5.91 Å². The van der Waals surface area contributed by atoms with Gasteiger partial charge in [0.15, 0.2) is 5.96 Å². The van der Waals surface area contributed by atoms with Crippen LogP contribution in [0.2, 0.25) is 0 Å². The molecular formula is C22H35IN4O2. The Morgan fingerprint density at radius 1 is 1.14 bits per heavy atom. The van der Waals surface area contributed by atoms with Gasteiger partial charge in [-0.1, -0.05) is 18.9 Å². The zero-order valence-electron chi connectivity index (χ0n) is 17.9. The third kappa shape index (κ3) is 5.35. The van der Waals surface area contributed by atoms with Crippen LogP contribution in [0, 0.1) is 5.41 Å². The second kappa shape index (κ2) is 10.5. The number of rotatable bonds is 5. The van der Waals surface area contributed by atoms with E-state index in [4.69, 9.17) is 0 Å². The van der Waals surface area contributed by atoms with E-state index in [2.05, 4.69) is 21.7 Å². The van der Waals surface area contributed by atoms with Crippen molar-refractivity contribution in [3.63, 3.8) is 0 Å². The Bertz CT molecular complexity index is 743. The van der Waals surface area contributed by atoms with Crippen molar-refractivity contribution < 1.29 is 9.90 Å². The fraction of sp³-hybridized carbons (Fsp3) is 0.636. The zero-order valence-corrected chi connectivity index (χ0v) is 20.2. The number of halogens is 1. The van der Waals surface area contributed by atoms with Crippen LogP contribution < -0.4 is 10.6 Å². The molecule has 1 aromatic rings. The molecule has 0 unspecified atom stereocenters. The highest BCUT2D eigenvalue weighted by molar-refractivity contribution is 14.0. The van der Waals surface area contributed by atoms with Crippen molar-refractivity contribution in [2.75, 3.05) is 27.7 Å². The molecule has 0 saturated heterocycles. The lowest BCUT2D eigenvalue weighted by Gasteiger charge is -2.31. The Morgan fingerprint density at radius 2 is 1.83 bits per heavy atom. The van der Waals surface area contributed by atoms with Gasteiger partial charge in [-0.25, -0.2) is 0 Å². The Labute approximate surface area is 191 Å². The number of hydrogen-bond acceptors (Lipinski definition) is 3. The monoisotopic (exact) mass is 514 g/mol. The molecule has 1 fully saturated rings. The van der Waals surface area contributed by atoms with Gasteiger partial charge in [0.05, 0.1) is 5.41 Å². The molecule has 0 radical (unpaired) electrons. The Hall–Kier alpha value is -1.51. The summed E-state index contributed by atoms with van der Waals surface area (Å²) in [6, 6.07) is 3.86. The summed E-state index contributed by atoms with van der Waals surface area (Å²) in [4.78, 5) is 18.8. The number of hydrogen-bond donors (Lipinski definition) is 3. The molecule has 3 N–H and O–H groups in total. The van der Waals surface area contributed by atoms with Crippen LogP contribution in [0.25, 0.3) is 0 Å². The third-order valence-electron chi connectivity index (χ3n) is 6.30. The number of amides is 1. The molecule has 2 aliphatic rings. The average Bonchev–Trinajstić information content (AvgIpc) is 3.18. The summed E-state index contributed by atoms with van der Waals surface area (Å²) in [5.74, 6) is 1.21. The lowest BCUT2D eigenvalue weighted by atomic mass is 9.84. The smallest absolute Gasteiger partial charge is 0.230 e. The largest absolute Gasteiger partial charge is 0.508 e. The van der Waals surface area contributed by atoms with Gasteiger partial charge < -0.3 is 20.6 Å². The van der Waals surface area contributed by atoms with Gasteiger partial charge in [-0.15, -0.1) is 24.0 Å². The quantitative estimate of drug-likeness (QED) is 0.321. The summed E-state index contributed by atoms with van der Waals surface area (Å²) >= 11 is 0. The summed E-state index contributed by atoms with van der Waals surface area (Å²) in [6.45, 7) is 1.12. The molecular weight excluding hydrogens is 479 g/mol. The van der Waals surface area contributed by atoms with E-state index in [0.29, 0.717) is 24.8 Å². The summed E-state index contributed by atoms with van der Waals surface area (Å²) in [6.07, 6.45) is 8.52. The molecule has 1 amide bonds. The number of phenols is 1. The number of carbonyl (C=O) groups excluding carboxylic acids is 1. The second-order valence-electron chi connectivity index (χ2n) is 8.37. The summed E-state index contributed by atoms with van der Waals surface area (Å²) in [5.41, 5.74) is 3.27. The number of fused-ring (bicyclic) bond motifs is 1. The van der Waals surface area contributed by atoms with Crippen molar-refractivity contribution >= 4 is 35.8 Å². The molecule has 1 saturated carbocycles. The van der Waals surface area contributed by atoms with E-state index in [-0.39, 0.29) is 35.3 Å². The molecule has 7 heteroatoms. The predicted molar refractivity (Wildman–Crippen MR) is 128 cm³/mol. The number of benzene rings is 1. The normalized spacial score (nSPS) is 17.8. The van der Waals surface area contributed by atoms with Crippen molar-refractivity contribution in [3.8, 4) is 5.75 Å². The molecule has 6 nitrogen and oxygen atoms in total. The molecule has 0 bridgehead atoms. The molecule has 0 spiro atoms. The first-order valence-corrected chi connectivity index (χ1v) is 10.5. The molecule has 3 rings (SSSR count). The molecule has 0 aliphatic heterocycles. The van der Waals surface area contributed by atoms with Gasteiger partial charge in [0.25, 0.3) is 0 Å². The molecule has 162 valence electrons. The highest BCUT2D eigenvalue weighted by Crippen LogP contribution is 2.39. The van der Waals surface area contributed by atoms with Crippen LogP contribution in [0.1, 0.15) is 55.2 Å². The molecule has 1 aromatic carbocycles. The van der Waals surface area contributed by atoms with Crippen molar-refractivity contribution in [1.29, 1.82) is 0 Å². The maximum Gasteiger partial charge on any atom is 0.230 e. The Balaban J connectivity index is 0.00000300. The molecule has 0 atom stereocenters. The first-order chi connectivity index (χ1) is 13.5. The van der Waals surface area contributed by atoms with Crippen molar-refractivity contribution in [2.45, 2.75) is 57.9 Å². The first kappa shape index (κ1) is 23.8. The summed E-state index contributed by atoms with van der Waals surface area (Å²) < 4.78 is 0. The second-order valence-corrected chi connectivity index (χ2v) is 8.37. The van der Waals surface area contributed by atoms with Gasteiger partial charge in [0, 0.05) is 39.8 Å². The number of aliphatic imine (C=N–C) groups is 1. The number of phenolic OH excluding ortho intramolecular Hbond substituents is 1. The van der Waals surface area contributed by atoms with E-state index in [1.165, 1.54) is 24.0 Å². The van der Waals surface area contributed by atoms with Crippen LogP contribution in [0.5, 0.6) is 5.75 Å². The predicted octanol–water partition coefficient (Wildman–Crippen LogP) is 3.20. The van der Waals surface area contributed by atoms with E-state index in [1.54, 1.807) is 18.0 Å². The van der Waals surface area contributed by atoms with Gasteiger partial charge in [0.1, 0.15) is 5.75 Å². The van der Waals surface area contributed by atoms with Crippen LogP contribution in [-0.2, 0) is 24.2 Å². The minimum absolute atomic E-state index is 0. The number of guanidine groups is 1. The van der Waals surface area contributed by atoms with E-state index < -0.39 is 0 Å². The van der Waals surface area contributed by atoms with Gasteiger partial charge in [-0.05, 0) is 55.7 Å². The van der Waals surface area contributed by atoms with Crippen molar-refractivity contribution in [3.05, 3.63) is 28.8 Å². The Kier molecular flexibility index (Phi) is 8.60. The summed E-state index contributed by atoms with van der Waals surface area (Å²) in [7, 11) is 5.40. The lowest BCUT2D eigenvalue weighted by Crippen LogP contribution is -2.49. The van der Waals surface area contributed by atoms with Crippen LogP contribution in [0.15, 0.2) is 17.1 Å². The fourth-order valence-corrected chi connectivity index (χ4v) is 4.73. The SMILES string of the molecule is CN=C(NCc1c(O)ccc2c1CCCC2)NCC1(C(=O)N(C)C)CCCC1.I. The van der Waals surface area contributed by atoms with E-state index >= 15 is 0 Å². The van der Waals surface area contributed by atoms with Gasteiger partial charge in [-0.3, -0.25) is 9.79 Å². The molecule has 0 aromatic heterocycles. The maximum atomic E-state index is 12.7. The molecule has 2 aliphatic carbocycles.